The summed E-state index contributed by atoms with van der Waals surface area (Å²) in [7, 11) is 0. The van der Waals surface area contributed by atoms with Gasteiger partial charge in [0.2, 0.25) is 0 Å². The largest absolute Gasteiger partial charge is 0.457 e. The monoisotopic (exact) mass is 1110 g/mol. The van der Waals surface area contributed by atoms with E-state index in [-0.39, 0.29) is 25.6 Å². The molecule has 2 aliphatic rings. The Morgan fingerprint density at radius 1 is 0.410 bits per heavy atom. The van der Waals surface area contributed by atoms with Crippen LogP contribution in [0.3, 0.4) is 0 Å². The summed E-state index contributed by atoms with van der Waals surface area (Å²) in [6.07, 6.45) is 42.8. The van der Waals surface area contributed by atoms with Gasteiger partial charge in [-0.3, -0.25) is 4.79 Å². The zero-order chi connectivity index (χ0) is 56.5. The highest BCUT2D eigenvalue weighted by molar-refractivity contribution is 5.69. The van der Waals surface area contributed by atoms with Gasteiger partial charge in [0.25, 0.3) is 0 Å². The van der Waals surface area contributed by atoms with Crippen molar-refractivity contribution in [3.8, 4) is 0 Å². The van der Waals surface area contributed by atoms with Crippen molar-refractivity contribution < 1.29 is 69.0 Å². The number of allylic oxidation sites excluding steroid dienone is 2. The van der Waals surface area contributed by atoms with E-state index < -0.39 is 80.7 Å². The minimum absolute atomic E-state index is 0.0672. The molecule has 0 amide bonds. The predicted molar refractivity (Wildman–Crippen MR) is 312 cm³/mol. The summed E-state index contributed by atoms with van der Waals surface area (Å²) in [5.74, 6) is -0.368. The number of aliphatic hydroxyl groups excluding tert-OH is 7. The quantitative estimate of drug-likeness (QED) is 0.0172. The molecule has 2 heterocycles. The summed E-state index contributed by atoms with van der Waals surface area (Å²) in [6.45, 7) is 3.76. The highest BCUT2D eigenvalue weighted by Crippen LogP contribution is 2.27. The van der Waals surface area contributed by atoms with Crippen molar-refractivity contribution in [1.29, 1.82) is 0 Å². The number of hydrogen-bond donors (Lipinski definition) is 7. The first-order chi connectivity index (χ1) is 38.1. The highest BCUT2D eigenvalue weighted by Gasteiger charge is 2.47. The van der Waals surface area contributed by atoms with Crippen LogP contribution in [-0.4, -0.2) is 142 Å². The molecule has 0 aliphatic carbocycles. The highest BCUT2D eigenvalue weighted by atomic mass is 16.7. The van der Waals surface area contributed by atoms with Crippen LogP contribution in [0.1, 0.15) is 290 Å². The maximum absolute atomic E-state index is 13.1. The first-order valence-electron chi connectivity index (χ1n) is 32.8. The topological polar surface area (TPSA) is 214 Å². The van der Waals surface area contributed by atoms with Gasteiger partial charge in [0.15, 0.2) is 12.6 Å². The van der Waals surface area contributed by atoms with Crippen LogP contribution in [0.4, 0.5) is 0 Å². The smallest absolute Gasteiger partial charge is 0.306 e. The molecule has 0 aromatic rings. The Bertz CT molecular complexity index is 1340. The maximum Gasteiger partial charge on any atom is 0.306 e. The van der Waals surface area contributed by atoms with E-state index in [2.05, 4.69) is 26.0 Å². The number of aliphatic hydroxyl groups is 7. The summed E-state index contributed by atoms with van der Waals surface area (Å²) in [4.78, 5) is 13.1. The van der Waals surface area contributed by atoms with E-state index in [0.29, 0.717) is 13.0 Å². The van der Waals surface area contributed by atoms with Crippen molar-refractivity contribution in [3.05, 3.63) is 12.2 Å². The van der Waals surface area contributed by atoms with Crippen LogP contribution in [0.5, 0.6) is 0 Å². The predicted octanol–water partition coefficient (Wildman–Crippen LogP) is 12.9. The number of carbonyl (C=O) groups is 1. The first-order valence-corrected chi connectivity index (χ1v) is 32.8. The molecule has 14 heteroatoms. The van der Waals surface area contributed by atoms with Crippen LogP contribution in [0.2, 0.25) is 0 Å². The summed E-state index contributed by atoms with van der Waals surface area (Å²) >= 11 is 0. The maximum atomic E-state index is 13.1. The van der Waals surface area contributed by atoms with Crippen molar-refractivity contribution in [1.82, 2.24) is 0 Å². The lowest BCUT2D eigenvalue weighted by Crippen LogP contribution is -2.61. The minimum atomic E-state index is -1.70. The molecule has 2 fully saturated rings. The van der Waals surface area contributed by atoms with E-state index in [4.69, 9.17) is 28.4 Å². The van der Waals surface area contributed by atoms with Gasteiger partial charge in [-0.1, -0.05) is 257 Å². The number of esters is 1. The van der Waals surface area contributed by atoms with Gasteiger partial charge < -0.3 is 64.2 Å². The van der Waals surface area contributed by atoms with E-state index in [1.807, 2.05) is 0 Å². The molecule has 0 bridgehead atoms. The number of ether oxygens (including phenoxy) is 6. The average Bonchev–Trinajstić information content (AvgIpc) is 3.45. The molecular weight excluding hydrogens is 993 g/mol. The van der Waals surface area contributed by atoms with E-state index >= 15 is 0 Å². The summed E-state index contributed by atoms with van der Waals surface area (Å²) < 4.78 is 34.5. The van der Waals surface area contributed by atoms with Crippen molar-refractivity contribution in [2.24, 2.45) is 0 Å². The number of unbranched alkanes of at least 4 members (excludes halogenated alkanes) is 39. The molecule has 462 valence electrons. The van der Waals surface area contributed by atoms with Gasteiger partial charge in [0.05, 0.1) is 26.4 Å². The van der Waals surface area contributed by atoms with Gasteiger partial charge in [-0.2, -0.15) is 0 Å². The third-order valence-electron chi connectivity index (χ3n) is 16.0. The molecule has 11 unspecified atom stereocenters. The standard InChI is InChI=1S/C64H122O14/c1-3-5-7-9-11-13-15-17-19-21-23-25-26-27-28-29-31-33-35-37-39-41-43-45-47-56(66)76-53(50-73-48-46-44-42-40-38-36-34-32-30-24-22-20-18-16-14-12-10-8-6-4-2)51-74-63-62(72)60(70)58(68)55(78-63)52-75-64-61(71)59(69)57(67)54(49-65)77-64/h18,20,53-55,57-65,67-72H,3-17,19,21-52H2,1-2H3/b20-18-. The minimum Gasteiger partial charge on any atom is -0.457 e. The molecule has 2 aliphatic heterocycles. The molecule has 0 spiro atoms. The van der Waals surface area contributed by atoms with Crippen LogP contribution in [0, 0.1) is 0 Å². The Morgan fingerprint density at radius 3 is 1.17 bits per heavy atom. The van der Waals surface area contributed by atoms with Crippen molar-refractivity contribution in [2.45, 2.75) is 357 Å². The van der Waals surface area contributed by atoms with E-state index in [9.17, 15) is 40.5 Å². The normalized spacial score (nSPS) is 24.1. The average molecular weight is 1120 g/mol. The zero-order valence-corrected chi connectivity index (χ0v) is 49.9. The zero-order valence-electron chi connectivity index (χ0n) is 49.9. The van der Waals surface area contributed by atoms with Crippen LogP contribution in [0.25, 0.3) is 0 Å². The number of carbonyl (C=O) groups excluding carboxylic acids is 1. The number of hydrogen-bond acceptors (Lipinski definition) is 14. The lowest BCUT2D eigenvalue weighted by molar-refractivity contribution is -0.332. The van der Waals surface area contributed by atoms with Gasteiger partial charge in [-0.25, -0.2) is 0 Å². The summed E-state index contributed by atoms with van der Waals surface area (Å²) in [5.41, 5.74) is 0. The Kier molecular flexibility index (Phi) is 48.0. The fraction of sp³-hybridized carbons (Fsp3) is 0.953. The fourth-order valence-electron chi connectivity index (χ4n) is 10.8. The first kappa shape index (κ1) is 72.8. The second-order valence-electron chi connectivity index (χ2n) is 23.3. The summed E-state index contributed by atoms with van der Waals surface area (Å²) in [6, 6.07) is 0. The number of rotatable bonds is 55. The van der Waals surface area contributed by atoms with Gasteiger partial charge in [-0.05, 0) is 38.5 Å². The second kappa shape index (κ2) is 51.4. The fourth-order valence-corrected chi connectivity index (χ4v) is 10.8. The van der Waals surface area contributed by atoms with E-state index in [1.54, 1.807) is 0 Å². The van der Waals surface area contributed by atoms with Gasteiger partial charge in [-0.15, -0.1) is 0 Å². The molecule has 7 N–H and O–H groups in total. The van der Waals surface area contributed by atoms with Gasteiger partial charge >= 0.3 is 5.97 Å². The van der Waals surface area contributed by atoms with Crippen molar-refractivity contribution in [3.63, 3.8) is 0 Å². The van der Waals surface area contributed by atoms with Gasteiger partial charge in [0.1, 0.15) is 54.9 Å². The van der Waals surface area contributed by atoms with E-state index in [0.717, 1.165) is 38.5 Å². The molecule has 11 atom stereocenters. The lowest BCUT2D eigenvalue weighted by atomic mass is 9.98. The van der Waals surface area contributed by atoms with Crippen LogP contribution >= 0.6 is 0 Å². The van der Waals surface area contributed by atoms with E-state index in [1.165, 1.54) is 225 Å². The molecule has 2 rings (SSSR count). The molecule has 0 saturated carbocycles. The molecular formula is C64H122O14. The third-order valence-corrected chi connectivity index (χ3v) is 16.0. The Balaban J connectivity index is 1.65. The second-order valence-corrected chi connectivity index (χ2v) is 23.3. The SMILES string of the molecule is CCCCCCCC/C=C\CCCCCCCCCCCCOCC(COC1OC(COC2OC(CO)C(O)C(O)C2O)C(O)C(O)C1O)OC(=O)CCCCCCCCCCCCCCCCCCCCCCCCCC. The van der Waals surface area contributed by atoms with Crippen LogP contribution < -0.4 is 0 Å². The summed E-state index contributed by atoms with van der Waals surface area (Å²) in [5, 5.41) is 72.5. The van der Waals surface area contributed by atoms with Gasteiger partial charge in [0, 0.05) is 13.0 Å². The molecule has 78 heavy (non-hydrogen) atoms. The molecule has 0 aromatic carbocycles. The van der Waals surface area contributed by atoms with Crippen LogP contribution in [-0.2, 0) is 33.2 Å². The molecule has 14 nitrogen and oxygen atoms in total. The molecule has 0 radical (unpaired) electrons. The molecule has 0 aromatic heterocycles. The lowest BCUT2D eigenvalue weighted by Gasteiger charge is -2.42. The van der Waals surface area contributed by atoms with Crippen molar-refractivity contribution in [2.75, 3.05) is 33.0 Å². The van der Waals surface area contributed by atoms with Crippen molar-refractivity contribution >= 4 is 5.97 Å². The Labute approximate surface area is 475 Å². The Morgan fingerprint density at radius 2 is 0.756 bits per heavy atom. The van der Waals surface area contributed by atoms with Crippen LogP contribution in [0.15, 0.2) is 12.2 Å². The Hall–Kier alpha value is -1.27. The third kappa shape index (κ3) is 37.0. The molecule has 2 saturated heterocycles.